The van der Waals surface area contributed by atoms with E-state index in [-0.39, 0.29) is 5.91 Å². The van der Waals surface area contributed by atoms with Gasteiger partial charge < -0.3 is 9.64 Å². The summed E-state index contributed by atoms with van der Waals surface area (Å²) in [7, 11) is -1.23. The standard InChI is InChI=1S/C23H19N5O3S2/c1-24-17-10-20(32-14-17)16-11-25-23(26-12-16)28-13-21(33(2)30)18-4-3-15(9-19(18)28)22(29)27-5-7-31-8-6-27/h3-4,9-14H,5-8H2,2H3. The number of morpholine rings is 1. The molecule has 0 spiro atoms. The molecule has 1 aromatic carbocycles. The predicted molar refractivity (Wildman–Crippen MR) is 127 cm³/mol. The van der Waals surface area contributed by atoms with Gasteiger partial charge in [-0.25, -0.2) is 14.8 Å². The van der Waals surface area contributed by atoms with Gasteiger partial charge in [0.05, 0.1) is 41.0 Å². The monoisotopic (exact) mass is 477 g/mol. The van der Waals surface area contributed by atoms with Crippen molar-refractivity contribution in [2.45, 2.75) is 4.90 Å². The van der Waals surface area contributed by atoms with Gasteiger partial charge in [-0.05, 0) is 23.6 Å². The van der Waals surface area contributed by atoms with Gasteiger partial charge in [0.2, 0.25) is 5.95 Å². The quantitative estimate of drug-likeness (QED) is 0.416. The highest BCUT2D eigenvalue weighted by molar-refractivity contribution is 7.84. The highest BCUT2D eigenvalue weighted by atomic mass is 32.2. The van der Waals surface area contributed by atoms with E-state index in [1.54, 1.807) is 45.8 Å². The number of benzene rings is 1. The molecule has 8 nitrogen and oxygen atoms in total. The third kappa shape index (κ3) is 4.06. The maximum absolute atomic E-state index is 13.0. The predicted octanol–water partition coefficient (Wildman–Crippen LogP) is 3.91. The number of aromatic nitrogens is 3. The van der Waals surface area contributed by atoms with Crippen LogP contribution in [0.25, 0.3) is 32.1 Å². The van der Waals surface area contributed by atoms with Gasteiger partial charge in [-0.15, -0.1) is 0 Å². The molecule has 0 bridgehead atoms. The van der Waals surface area contributed by atoms with Crippen LogP contribution < -0.4 is 0 Å². The van der Waals surface area contributed by atoms with Crippen LogP contribution in [-0.4, -0.2) is 62.1 Å². The Balaban J connectivity index is 1.55. The van der Waals surface area contributed by atoms with Gasteiger partial charge in [-0.2, -0.15) is 11.3 Å². The maximum Gasteiger partial charge on any atom is 0.254 e. The molecule has 0 aliphatic carbocycles. The van der Waals surface area contributed by atoms with Crippen LogP contribution in [0, 0.1) is 6.57 Å². The molecular weight excluding hydrogens is 458 g/mol. The Bertz CT molecular complexity index is 1410. The second kappa shape index (κ2) is 8.86. The molecule has 1 saturated heterocycles. The molecule has 0 radical (unpaired) electrons. The number of nitrogens with zero attached hydrogens (tertiary/aromatic N) is 5. The number of ether oxygens (including phenoxy) is 1. The van der Waals surface area contributed by atoms with Gasteiger partial charge in [0, 0.05) is 59.3 Å². The lowest BCUT2D eigenvalue weighted by atomic mass is 10.1. The van der Waals surface area contributed by atoms with Crippen molar-refractivity contribution < 1.29 is 13.7 Å². The van der Waals surface area contributed by atoms with E-state index in [0.29, 0.717) is 48.4 Å². The van der Waals surface area contributed by atoms with Crippen molar-refractivity contribution in [2.75, 3.05) is 32.6 Å². The molecule has 166 valence electrons. The molecule has 4 heterocycles. The fraction of sp³-hybridized carbons (Fsp3) is 0.217. The molecule has 1 fully saturated rings. The number of hydrogen-bond donors (Lipinski definition) is 0. The Morgan fingerprint density at radius 3 is 2.64 bits per heavy atom. The number of amides is 1. The molecule has 1 unspecified atom stereocenters. The molecule has 10 heteroatoms. The van der Waals surface area contributed by atoms with Crippen molar-refractivity contribution in [3.8, 4) is 16.4 Å². The lowest BCUT2D eigenvalue weighted by Gasteiger charge is -2.26. The van der Waals surface area contributed by atoms with E-state index in [9.17, 15) is 9.00 Å². The lowest BCUT2D eigenvalue weighted by molar-refractivity contribution is 0.0303. The molecular formula is C23H19N5O3S2. The number of thiophene rings is 1. The molecule has 33 heavy (non-hydrogen) atoms. The normalized spacial score (nSPS) is 14.8. The first-order valence-corrected chi connectivity index (χ1v) is 12.6. The Kier molecular flexibility index (Phi) is 5.76. The maximum atomic E-state index is 13.0. The summed E-state index contributed by atoms with van der Waals surface area (Å²) in [5.74, 6) is 0.357. The average molecular weight is 478 g/mol. The van der Waals surface area contributed by atoms with Gasteiger partial charge >= 0.3 is 0 Å². The van der Waals surface area contributed by atoms with E-state index in [2.05, 4.69) is 14.8 Å². The summed E-state index contributed by atoms with van der Waals surface area (Å²) in [5.41, 5.74) is 2.68. The van der Waals surface area contributed by atoms with Crippen LogP contribution >= 0.6 is 11.3 Å². The van der Waals surface area contributed by atoms with E-state index >= 15 is 0 Å². The number of rotatable bonds is 4. The minimum Gasteiger partial charge on any atom is -0.378 e. The highest BCUT2D eigenvalue weighted by Gasteiger charge is 2.21. The Hall–Kier alpha value is -3.39. The Morgan fingerprint density at radius 2 is 1.97 bits per heavy atom. The van der Waals surface area contributed by atoms with E-state index in [4.69, 9.17) is 11.3 Å². The molecule has 5 rings (SSSR count). The van der Waals surface area contributed by atoms with Crippen molar-refractivity contribution in [2.24, 2.45) is 0 Å². The van der Waals surface area contributed by atoms with Crippen LogP contribution in [-0.2, 0) is 15.5 Å². The summed E-state index contributed by atoms with van der Waals surface area (Å²) >= 11 is 1.47. The van der Waals surface area contributed by atoms with E-state index < -0.39 is 10.8 Å². The van der Waals surface area contributed by atoms with Crippen molar-refractivity contribution in [3.63, 3.8) is 0 Å². The van der Waals surface area contributed by atoms with Crippen LogP contribution in [0.5, 0.6) is 0 Å². The van der Waals surface area contributed by atoms with Crippen LogP contribution in [0.3, 0.4) is 0 Å². The first-order chi connectivity index (χ1) is 16.0. The second-order valence-corrected chi connectivity index (χ2v) is 9.77. The van der Waals surface area contributed by atoms with Crippen LogP contribution in [0.1, 0.15) is 10.4 Å². The minimum absolute atomic E-state index is 0.0586. The van der Waals surface area contributed by atoms with Crippen LogP contribution in [0.15, 0.2) is 53.1 Å². The molecule has 4 aromatic rings. The molecule has 0 N–H and O–H groups in total. The largest absolute Gasteiger partial charge is 0.378 e. The van der Waals surface area contributed by atoms with Crippen molar-refractivity contribution in [1.82, 2.24) is 19.4 Å². The van der Waals surface area contributed by atoms with Gasteiger partial charge in [0.15, 0.2) is 5.69 Å². The molecule has 3 aromatic heterocycles. The topological polar surface area (TPSA) is 81.7 Å². The molecule has 1 aliphatic heterocycles. The zero-order chi connectivity index (χ0) is 22.9. The first-order valence-electron chi connectivity index (χ1n) is 10.2. The van der Waals surface area contributed by atoms with E-state index in [1.807, 2.05) is 18.2 Å². The number of carbonyl (C=O) groups is 1. The molecule has 1 aliphatic rings. The fourth-order valence-corrected chi connectivity index (χ4v) is 5.32. The summed E-state index contributed by atoms with van der Waals surface area (Å²) in [6, 6.07) is 7.23. The van der Waals surface area contributed by atoms with Crippen molar-refractivity contribution in [1.29, 1.82) is 0 Å². The first kappa shape index (κ1) is 21.5. The van der Waals surface area contributed by atoms with Crippen molar-refractivity contribution in [3.05, 3.63) is 65.2 Å². The highest BCUT2D eigenvalue weighted by Crippen LogP contribution is 2.31. The summed E-state index contributed by atoms with van der Waals surface area (Å²) in [6.07, 6.45) is 6.81. The van der Waals surface area contributed by atoms with Crippen LogP contribution in [0.4, 0.5) is 5.69 Å². The number of carbonyl (C=O) groups excluding carboxylic acids is 1. The van der Waals surface area contributed by atoms with E-state index in [0.717, 1.165) is 21.3 Å². The van der Waals surface area contributed by atoms with Gasteiger partial charge in [-0.3, -0.25) is 13.6 Å². The molecule has 0 saturated carbocycles. The fourth-order valence-electron chi connectivity index (χ4n) is 3.78. The number of fused-ring (bicyclic) bond motifs is 1. The molecule has 1 atom stereocenters. The average Bonchev–Trinajstić information content (AvgIpc) is 3.49. The lowest BCUT2D eigenvalue weighted by Crippen LogP contribution is -2.40. The molecule has 1 amide bonds. The third-order valence-corrected chi connectivity index (χ3v) is 7.39. The van der Waals surface area contributed by atoms with Gasteiger partial charge in [0.1, 0.15) is 0 Å². The van der Waals surface area contributed by atoms with Gasteiger partial charge in [0.25, 0.3) is 5.91 Å². The summed E-state index contributed by atoms with van der Waals surface area (Å²) in [5, 5.41) is 2.59. The summed E-state index contributed by atoms with van der Waals surface area (Å²) in [4.78, 5) is 28.8. The van der Waals surface area contributed by atoms with Crippen LogP contribution in [0.2, 0.25) is 0 Å². The third-order valence-electron chi connectivity index (χ3n) is 5.48. The Morgan fingerprint density at radius 1 is 1.21 bits per heavy atom. The second-order valence-electron chi connectivity index (χ2n) is 7.51. The van der Waals surface area contributed by atoms with Crippen molar-refractivity contribution >= 4 is 44.6 Å². The number of hydrogen-bond acceptors (Lipinski definition) is 6. The zero-order valence-electron chi connectivity index (χ0n) is 17.7. The minimum atomic E-state index is -1.23. The summed E-state index contributed by atoms with van der Waals surface area (Å²) < 4.78 is 19.5. The smallest absolute Gasteiger partial charge is 0.254 e. The van der Waals surface area contributed by atoms with Gasteiger partial charge in [-0.1, -0.05) is 6.07 Å². The summed E-state index contributed by atoms with van der Waals surface area (Å²) in [6.45, 7) is 9.32. The SMILES string of the molecule is [C-]#[N+]c1csc(-c2cnc(-n3cc(S(C)=O)c4ccc(C(=O)N5CCOCC5)cc43)nc2)c1. The zero-order valence-corrected chi connectivity index (χ0v) is 19.4. The van der Waals surface area contributed by atoms with E-state index in [1.165, 1.54) is 11.3 Å². The Labute approximate surface area is 196 Å².